The fourth-order valence-corrected chi connectivity index (χ4v) is 5.45. The molecule has 4 rings (SSSR count). The topological polar surface area (TPSA) is 83.4 Å². The molecule has 0 amide bonds. The SMILES string of the molecule is CCCOc1ccc([C@H]2C(C(=O)OC[C@@H]3CCCO3)=C(C)N=C3CC(C)(C)CC(=O)C32)cc1OC. The monoisotopic (exact) mass is 483 g/mol. The maximum Gasteiger partial charge on any atom is 0.336 e. The predicted octanol–water partition coefficient (Wildman–Crippen LogP) is 5.02. The van der Waals surface area contributed by atoms with Crippen molar-refractivity contribution in [3.63, 3.8) is 0 Å². The number of rotatable bonds is 8. The molecule has 0 bridgehead atoms. The summed E-state index contributed by atoms with van der Waals surface area (Å²) in [6.07, 6.45) is 3.81. The van der Waals surface area contributed by atoms with Gasteiger partial charge in [0.15, 0.2) is 11.5 Å². The zero-order valence-corrected chi connectivity index (χ0v) is 21.5. The van der Waals surface area contributed by atoms with Gasteiger partial charge in [-0.15, -0.1) is 0 Å². The van der Waals surface area contributed by atoms with Crippen LogP contribution in [0.2, 0.25) is 0 Å². The maximum absolute atomic E-state index is 13.5. The number of hydrogen-bond donors (Lipinski definition) is 0. The number of carbonyl (C=O) groups is 2. The number of fused-ring (bicyclic) bond motifs is 1. The number of aliphatic imine (C=N–C) groups is 1. The van der Waals surface area contributed by atoms with Gasteiger partial charge in [-0.25, -0.2) is 4.79 Å². The van der Waals surface area contributed by atoms with Crippen molar-refractivity contribution in [3.05, 3.63) is 35.0 Å². The lowest BCUT2D eigenvalue weighted by molar-refractivity contribution is -0.142. The lowest BCUT2D eigenvalue weighted by Gasteiger charge is -2.41. The highest BCUT2D eigenvalue weighted by Gasteiger charge is 2.48. The molecule has 1 saturated heterocycles. The van der Waals surface area contributed by atoms with E-state index in [1.807, 2.05) is 32.0 Å². The first kappa shape index (κ1) is 25.4. The van der Waals surface area contributed by atoms with E-state index >= 15 is 0 Å². The van der Waals surface area contributed by atoms with Gasteiger partial charge in [-0.3, -0.25) is 9.79 Å². The fourth-order valence-electron chi connectivity index (χ4n) is 5.45. The van der Waals surface area contributed by atoms with E-state index in [1.165, 1.54) is 0 Å². The Morgan fingerprint density at radius 1 is 1.20 bits per heavy atom. The second kappa shape index (κ2) is 10.5. The molecule has 0 aromatic heterocycles. The highest BCUT2D eigenvalue weighted by atomic mass is 16.6. The fraction of sp³-hybridized carbons (Fsp3) is 0.607. The first-order valence-corrected chi connectivity index (χ1v) is 12.6. The summed E-state index contributed by atoms with van der Waals surface area (Å²) in [6, 6.07) is 5.66. The minimum Gasteiger partial charge on any atom is -0.493 e. The third-order valence-corrected chi connectivity index (χ3v) is 7.02. The van der Waals surface area contributed by atoms with Crippen molar-refractivity contribution in [1.29, 1.82) is 0 Å². The molecule has 3 atom stereocenters. The number of methoxy groups -OCH3 is 1. The number of nitrogens with zero attached hydrogens (tertiary/aromatic N) is 1. The Labute approximate surface area is 207 Å². The van der Waals surface area contributed by atoms with Crippen molar-refractivity contribution in [2.75, 3.05) is 26.9 Å². The molecule has 0 N–H and O–H groups in total. The zero-order chi connectivity index (χ0) is 25.2. The molecule has 2 fully saturated rings. The predicted molar refractivity (Wildman–Crippen MR) is 133 cm³/mol. The number of benzene rings is 1. The summed E-state index contributed by atoms with van der Waals surface area (Å²) in [6.45, 7) is 9.53. The molecule has 1 aliphatic carbocycles. The minimum absolute atomic E-state index is 0.0758. The van der Waals surface area contributed by atoms with Crippen molar-refractivity contribution in [3.8, 4) is 11.5 Å². The van der Waals surface area contributed by atoms with Crippen LogP contribution >= 0.6 is 0 Å². The van der Waals surface area contributed by atoms with E-state index < -0.39 is 17.8 Å². The normalized spacial score (nSPS) is 25.7. The Kier molecular flexibility index (Phi) is 7.64. The van der Waals surface area contributed by atoms with Gasteiger partial charge in [-0.2, -0.15) is 0 Å². The van der Waals surface area contributed by atoms with Gasteiger partial charge in [0, 0.05) is 30.4 Å². The Bertz CT molecular complexity index is 1030. The van der Waals surface area contributed by atoms with Crippen LogP contribution in [0, 0.1) is 11.3 Å². The van der Waals surface area contributed by atoms with Gasteiger partial charge < -0.3 is 18.9 Å². The molecule has 1 saturated carbocycles. The van der Waals surface area contributed by atoms with E-state index in [1.54, 1.807) is 7.11 Å². The number of hydrogen-bond acceptors (Lipinski definition) is 7. The van der Waals surface area contributed by atoms with Crippen molar-refractivity contribution in [2.45, 2.75) is 71.8 Å². The second-order valence-electron chi connectivity index (χ2n) is 10.5. The van der Waals surface area contributed by atoms with Crippen LogP contribution in [-0.2, 0) is 19.1 Å². The molecule has 190 valence electrons. The molecule has 0 radical (unpaired) electrons. The van der Waals surface area contributed by atoms with Crippen LogP contribution in [0.4, 0.5) is 0 Å². The van der Waals surface area contributed by atoms with Gasteiger partial charge in [0.2, 0.25) is 0 Å². The maximum atomic E-state index is 13.5. The second-order valence-corrected chi connectivity index (χ2v) is 10.5. The van der Waals surface area contributed by atoms with E-state index in [-0.39, 0.29) is 23.9 Å². The summed E-state index contributed by atoms with van der Waals surface area (Å²) in [5, 5.41) is 0. The summed E-state index contributed by atoms with van der Waals surface area (Å²) in [7, 11) is 1.60. The highest BCUT2D eigenvalue weighted by Crippen LogP contribution is 2.48. The number of esters is 1. The summed E-state index contributed by atoms with van der Waals surface area (Å²) in [5.41, 5.74) is 2.54. The van der Waals surface area contributed by atoms with Crippen molar-refractivity contribution < 1.29 is 28.5 Å². The zero-order valence-electron chi connectivity index (χ0n) is 21.5. The van der Waals surface area contributed by atoms with Gasteiger partial charge in [0.1, 0.15) is 12.4 Å². The molecule has 0 spiro atoms. The van der Waals surface area contributed by atoms with Crippen molar-refractivity contribution in [1.82, 2.24) is 0 Å². The average molecular weight is 484 g/mol. The number of ether oxygens (including phenoxy) is 4. The largest absolute Gasteiger partial charge is 0.493 e. The number of Topliss-reactive ketones (excluding diaryl/α,β-unsaturated/α-hetero) is 1. The standard InChI is InChI=1S/C28H37NO6/c1-6-11-34-22-10-9-18(13-23(22)32-5)25-24(27(31)35-16-19-8-7-12-33-19)17(2)29-20-14-28(3,4)15-21(30)26(20)25/h9-10,13,19,25-26H,6-8,11-12,14-16H2,1-5H3/t19-,25-,26?/m0/s1. The number of carbonyl (C=O) groups excluding carboxylic acids is 2. The molecular formula is C28H37NO6. The number of ketones is 1. The highest BCUT2D eigenvalue weighted by molar-refractivity contribution is 6.12. The Morgan fingerprint density at radius 2 is 2.00 bits per heavy atom. The first-order valence-electron chi connectivity index (χ1n) is 12.6. The van der Waals surface area contributed by atoms with Crippen LogP contribution in [0.15, 0.2) is 34.5 Å². The molecule has 3 aliphatic rings. The third-order valence-electron chi connectivity index (χ3n) is 7.02. The lowest BCUT2D eigenvalue weighted by Crippen LogP contribution is -2.44. The van der Waals surface area contributed by atoms with Crippen molar-refractivity contribution in [2.24, 2.45) is 16.3 Å². The average Bonchev–Trinajstić information content (AvgIpc) is 3.33. The van der Waals surface area contributed by atoms with Crippen LogP contribution in [0.5, 0.6) is 11.5 Å². The third kappa shape index (κ3) is 5.45. The first-order chi connectivity index (χ1) is 16.7. The van der Waals surface area contributed by atoms with E-state index in [2.05, 4.69) is 13.8 Å². The molecule has 2 aliphatic heterocycles. The smallest absolute Gasteiger partial charge is 0.336 e. The van der Waals surface area contributed by atoms with Gasteiger partial charge in [-0.05, 0) is 55.7 Å². The van der Waals surface area contributed by atoms with Crippen LogP contribution in [0.25, 0.3) is 0 Å². The van der Waals surface area contributed by atoms with Gasteiger partial charge >= 0.3 is 5.97 Å². The molecule has 1 aromatic rings. The van der Waals surface area contributed by atoms with Crippen LogP contribution in [0.3, 0.4) is 0 Å². The van der Waals surface area contributed by atoms with Crippen molar-refractivity contribution >= 4 is 17.5 Å². The minimum atomic E-state index is -0.496. The Hall–Kier alpha value is -2.67. The molecule has 7 nitrogen and oxygen atoms in total. The van der Waals surface area contributed by atoms with Gasteiger partial charge in [0.25, 0.3) is 0 Å². The Balaban J connectivity index is 1.73. The molecule has 7 heteroatoms. The molecular weight excluding hydrogens is 446 g/mol. The summed E-state index contributed by atoms with van der Waals surface area (Å²) in [5.74, 6) is -0.0994. The molecule has 1 aromatic carbocycles. The van der Waals surface area contributed by atoms with Gasteiger partial charge in [0.05, 0.1) is 31.3 Å². The quantitative estimate of drug-likeness (QED) is 0.483. The van der Waals surface area contributed by atoms with Crippen LogP contribution in [-0.4, -0.2) is 50.5 Å². The lowest BCUT2D eigenvalue weighted by atomic mass is 9.63. The summed E-state index contributed by atoms with van der Waals surface area (Å²) in [4.78, 5) is 31.7. The van der Waals surface area contributed by atoms with Crippen LogP contribution in [0.1, 0.15) is 71.3 Å². The van der Waals surface area contributed by atoms with E-state index in [9.17, 15) is 9.59 Å². The molecule has 35 heavy (non-hydrogen) atoms. The van der Waals surface area contributed by atoms with E-state index in [4.69, 9.17) is 23.9 Å². The molecule has 1 unspecified atom stereocenters. The summed E-state index contributed by atoms with van der Waals surface area (Å²) >= 11 is 0. The van der Waals surface area contributed by atoms with E-state index in [0.29, 0.717) is 48.8 Å². The summed E-state index contributed by atoms with van der Waals surface area (Å²) < 4.78 is 22.8. The molecule has 2 heterocycles. The Morgan fingerprint density at radius 3 is 2.69 bits per heavy atom. The number of allylic oxidation sites excluding steroid dienone is 1. The van der Waals surface area contributed by atoms with E-state index in [0.717, 1.165) is 30.5 Å². The van der Waals surface area contributed by atoms with Gasteiger partial charge in [-0.1, -0.05) is 26.8 Å². The van der Waals surface area contributed by atoms with Crippen LogP contribution < -0.4 is 9.47 Å².